The van der Waals surface area contributed by atoms with Crippen molar-refractivity contribution in [3.63, 3.8) is 0 Å². The minimum absolute atomic E-state index is 0.0506. The van der Waals surface area contributed by atoms with E-state index in [1.807, 2.05) is 37.3 Å². The predicted octanol–water partition coefficient (Wildman–Crippen LogP) is 6.43. The van der Waals surface area contributed by atoms with Crippen LogP contribution in [0.1, 0.15) is 27.7 Å². The number of hydrogen-bond acceptors (Lipinski definition) is 3. The van der Waals surface area contributed by atoms with E-state index in [0.29, 0.717) is 23.6 Å². The average molecular weight is 497 g/mol. The Morgan fingerprint density at radius 3 is 2.76 bits per heavy atom. The van der Waals surface area contributed by atoms with Gasteiger partial charge in [0, 0.05) is 32.6 Å². The summed E-state index contributed by atoms with van der Waals surface area (Å²) in [4.78, 5) is 22.1. The van der Waals surface area contributed by atoms with Gasteiger partial charge in [-0.25, -0.2) is 4.39 Å². The number of halogens is 2. The second-order valence-corrected chi connectivity index (χ2v) is 9.34. The molecule has 4 nitrogen and oxygen atoms in total. The molecule has 0 fully saturated rings. The molecule has 2 amide bonds. The van der Waals surface area contributed by atoms with Gasteiger partial charge in [0.05, 0.1) is 0 Å². The van der Waals surface area contributed by atoms with Crippen molar-refractivity contribution in [2.45, 2.75) is 20.3 Å². The molecule has 1 atom stereocenters. The van der Waals surface area contributed by atoms with Crippen molar-refractivity contribution in [3.05, 3.63) is 93.6 Å². The van der Waals surface area contributed by atoms with Crippen LogP contribution in [0.3, 0.4) is 0 Å². The number of carbonyl (C=O) groups is 2. The Morgan fingerprint density at radius 2 is 2.03 bits per heavy atom. The highest BCUT2D eigenvalue weighted by Crippen LogP contribution is 2.38. The number of rotatable bonds is 5. The quantitative estimate of drug-likeness (QED) is 0.399. The molecule has 0 saturated heterocycles. The summed E-state index contributed by atoms with van der Waals surface area (Å²) in [5.41, 5.74) is 8.13. The van der Waals surface area contributed by atoms with Crippen LogP contribution in [0.4, 0.5) is 4.39 Å². The van der Waals surface area contributed by atoms with Gasteiger partial charge in [0.15, 0.2) is 0 Å². The van der Waals surface area contributed by atoms with Crippen molar-refractivity contribution >= 4 is 45.3 Å². The van der Waals surface area contributed by atoms with Gasteiger partial charge in [-0.15, -0.1) is 11.3 Å². The normalized spacial score (nSPS) is 15.0. The summed E-state index contributed by atoms with van der Waals surface area (Å²) in [6.07, 6.45) is 7.61. The van der Waals surface area contributed by atoms with E-state index in [9.17, 15) is 9.18 Å². The first kappa shape index (κ1) is 25.4. The van der Waals surface area contributed by atoms with E-state index in [-0.39, 0.29) is 24.1 Å². The molecule has 3 aromatic rings. The predicted molar refractivity (Wildman–Crippen MR) is 140 cm³/mol. The van der Waals surface area contributed by atoms with Crippen LogP contribution in [0.5, 0.6) is 0 Å². The van der Waals surface area contributed by atoms with Gasteiger partial charge >= 0.3 is 0 Å². The molecule has 34 heavy (non-hydrogen) atoms. The Hall–Kier alpha value is -3.22. The molecule has 4 rings (SSSR count). The number of primary amides is 1. The second-order valence-electron chi connectivity index (χ2n) is 7.77. The summed E-state index contributed by atoms with van der Waals surface area (Å²) in [6, 6.07) is 14.1. The molecule has 2 aromatic carbocycles. The molecule has 1 aliphatic rings. The highest BCUT2D eigenvalue weighted by atomic mass is 35.5. The monoisotopic (exact) mass is 496 g/mol. The summed E-state index contributed by atoms with van der Waals surface area (Å²) >= 11 is 7.70. The lowest BCUT2D eigenvalue weighted by molar-refractivity contribution is -0.106. The zero-order valence-corrected chi connectivity index (χ0v) is 20.6. The van der Waals surface area contributed by atoms with Crippen LogP contribution in [-0.2, 0) is 11.2 Å². The summed E-state index contributed by atoms with van der Waals surface area (Å²) in [7, 11) is 0. The minimum Gasteiger partial charge on any atom is -0.372 e. The van der Waals surface area contributed by atoms with Crippen molar-refractivity contribution in [1.82, 2.24) is 5.32 Å². The van der Waals surface area contributed by atoms with E-state index in [0.717, 1.165) is 11.1 Å². The first-order chi connectivity index (χ1) is 16.4. The zero-order chi connectivity index (χ0) is 24.7. The molecule has 3 N–H and O–H groups in total. The van der Waals surface area contributed by atoms with E-state index in [1.54, 1.807) is 23.5 Å². The maximum atomic E-state index is 14.0. The molecule has 0 spiro atoms. The average Bonchev–Trinajstić information content (AvgIpc) is 3.15. The van der Waals surface area contributed by atoms with Gasteiger partial charge in [-0.2, -0.15) is 0 Å². The number of allylic oxidation sites excluding steroid dienone is 6. The van der Waals surface area contributed by atoms with E-state index in [1.165, 1.54) is 26.6 Å². The highest BCUT2D eigenvalue weighted by molar-refractivity contribution is 7.19. The van der Waals surface area contributed by atoms with Crippen molar-refractivity contribution in [1.29, 1.82) is 0 Å². The minimum atomic E-state index is -0.305. The molecule has 0 aliphatic heterocycles. The molecular formula is C27H26ClFN2O2S. The zero-order valence-electron chi connectivity index (χ0n) is 19.0. The molecule has 1 aliphatic carbocycles. The Labute approximate surface area is 207 Å². The van der Waals surface area contributed by atoms with Crippen LogP contribution in [-0.4, -0.2) is 18.9 Å². The summed E-state index contributed by atoms with van der Waals surface area (Å²) in [5, 5.41) is 4.45. The Morgan fingerprint density at radius 1 is 1.26 bits per heavy atom. The van der Waals surface area contributed by atoms with E-state index >= 15 is 0 Å². The lowest BCUT2D eigenvalue weighted by Crippen LogP contribution is -2.22. The molecule has 176 valence electrons. The van der Waals surface area contributed by atoms with Crippen molar-refractivity contribution < 1.29 is 14.0 Å². The Balaban J connectivity index is 0.00000103. The largest absolute Gasteiger partial charge is 0.372 e. The molecule has 1 heterocycles. The van der Waals surface area contributed by atoms with E-state index in [4.69, 9.17) is 16.4 Å². The smallest absolute Gasteiger partial charge is 0.251 e. The topological polar surface area (TPSA) is 72.2 Å². The number of amides is 2. The maximum absolute atomic E-state index is 14.0. The number of fused-ring (bicyclic) bond motifs is 1. The first-order valence-electron chi connectivity index (χ1n) is 10.8. The lowest BCUT2D eigenvalue weighted by atomic mass is 9.98. The van der Waals surface area contributed by atoms with Crippen LogP contribution in [0.15, 0.2) is 77.6 Å². The lowest BCUT2D eigenvalue weighted by Gasteiger charge is -2.08. The number of aryl methyl sites for hydroxylation is 1. The molecule has 1 unspecified atom stereocenters. The fraction of sp³-hybridized carbons (Fsp3) is 0.185. The summed E-state index contributed by atoms with van der Waals surface area (Å²) in [5.74, 6) is -0.425. The fourth-order valence-electron chi connectivity index (χ4n) is 3.79. The number of carbonyl (C=O) groups excluding carboxylic acids is 2. The van der Waals surface area contributed by atoms with Crippen molar-refractivity contribution in [2.75, 3.05) is 6.54 Å². The number of thiophene rings is 1. The summed E-state index contributed by atoms with van der Waals surface area (Å²) in [6.45, 7) is 4.60. The molecule has 0 saturated carbocycles. The molecular weight excluding hydrogens is 471 g/mol. The van der Waals surface area contributed by atoms with Gasteiger partial charge in [-0.05, 0) is 78.8 Å². The number of nitrogens with one attached hydrogen (secondary N) is 1. The highest BCUT2D eigenvalue weighted by Gasteiger charge is 2.15. The van der Waals surface area contributed by atoms with Crippen LogP contribution in [0.25, 0.3) is 21.2 Å². The number of benzene rings is 2. The second kappa shape index (κ2) is 11.8. The maximum Gasteiger partial charge on any atom is 0.251 e. The van der Waals surface area contributed by atoms with Gasteiger partial charge in [0.25, 0.3) is 5.91 Å². The Bertz CT molecular complexity index is 1290. The number of hydrogen-bond donors (Lipinski definition) is 2. The van der Waals surface area contributed by atoms with Gasteiger partial charge in [-0.3, -0.25) is 9.59 Å². The van der Waals surface area contributed by atoms with Crippen molar-refractivity contribution in [3.8, 4) is 11.1 Å². The Kier molecular flexibility index (Phi) is 8.79. The van der Waals surface area contributed by atoms with Gasteiger partial charge in [-0.1, -0.05) is 41.9 Å². The molecule has 0 radical (unpaired) electrons. The van der Waals surface area contributed by atoms with Crippen LogP contribution in [0, 0.1) is 12.8 Å². The van der Waals surface area contributed by atoms with Crippen LogP contribution < -0.4 is 11.1 Å². The van der Waals surface area contributed by atoms with E-state index < -0.39 is 0 Å². The SMILES string of the molecule is CCNC(=O)c1cccc(-c2ccc(C)c3cc(CC4C=CC(Cl)=CC(F)=C4)sc23)c1.NC=O. The molecule has 0 bridgehead atoms. The third kappa shape index (κ3) is 6.22. The standard InChI is InChI=1S/C26H23ClFNOS.CH3NO/c1-3-29-26(30)19-6-4-5-18(13-19)23-10-7-16(2)24-15-22(31-25(23)24)12-17-8-9-20(27)14-21(28)11-17;2-1-3/h4-11,13-15,17H,3,12H2,1-2H3,(H,29,30);1H,(H2,2,3). The third-order valence-electron chi connectivity index (χ3n) is 5.31. The first-order valence-corrected chi connectivity index (χ1v) is 12.0. The third-order valence-corrected chi connectivity index (χ3v) is 6.74. The fourth-order valence-corrected chi connectivity index (χ4v) is 5.31. The van der Waals surface area contributed by atoms with E-state index in [2.05, 4.69) is 36.2 Å². The van der Waals surface area contributed by atoms with Crippen molar-refractivity contribution in [2.24, 2.45) is 11.7 Å². The van der Waals surface area contributed by atoms with Crippen LogP contribution in [0.2, 0.25) is 0 Å². The van der Waals surface area contributed by atoms with Gasteiger partial charge in [0.1, 0.15) is 5.83 Å². The summed E-state index contributed by atoms with van der Waals surface area (Å²) < 4.78 is 15.2. The van der Waals surface area contributed by atoms with Crippen LogP contribution >= 0.6 is 22.9 Å². The number of nitrogens with two attached hydrogens (primary N) is 1. The molecule has 1 aromatic heterocycles. The van der Waals surface area contributed by atoms with Gasteiger partial charge < -0.3 is 11.1 Å². The molecule has 7 heteroatoms. The van der Waals surface area contributed by atoms with Gasteiger partial charge in [0.2, 0.25) is 6.41 Å².